The SMILES string of the molecule is CCC(CCOc1ccc2[nH]c(=O)ccc2c1)C(=O)N(CC)C1CCCCC1. The minimum atomic E-state index is -0.107. The summed E-state index contributed by atoms with van der Waals surface area (Å²) < 4.78 is 5.92. The van der Waals surface area contributed by atoms with Crippen molar-refractivity contribution in [2.45, 2.75) is 64.8 Å². The fourth-order valence-electron chi connectivity index (χ4n) is 4.26. The van der Waals surface area contributed by atoms with Crippen molar-refractivity contribution in [3.05, 3.63) is 40.7 Å². The summed E-state index contributed by atoms with van der Waals surface area (Å²) in [5.74, 6) is 1.07. The van der Waals surface area contributed by atoms with Crippen molar-refractivity contribution in [1.29, 1.82) is 0 Å². The molecule has 1 saturated carbocycles. The van der Waals surface area contributed by atoms with Gasteiger partial charge in [-0.15, -0.1) is 0 Å². The molecular weight excluding hydrogens is 352 g/mol. The minimum Gasteiger partial charge on any atom is -0.494 e. The number of nitrogens with one attached hydrogen (secondary N) is 1. The average Bonchev–Trinajstić information content (AvgIpc) is 2.72. The number of H-pyrrole nitrogens is 1. The highest BCUT2D eigenvalue weighted by atomic mass is 16.5. The summed E-state index contributed by atoms with van der Waals surface area (Å²) >= 11 is 0. The van der Waals surface area contributed by atoms with Crippen LogP contribution in [-0.2, 0) is 4.79 Å². The Morgan fingerprint density at radius 1 is 1.18 bits per heavy atom. The molecule has 152 valence electrons. The topological polar surface area (TPSA) is 62.4 Å². The van der Waals surface area contributed by atoms with Gasteiger partial charge in [0.15, 0.2) is 0 Å². The number of aromatic nitrogens is 1. The molecule has 0 saturated heterocycles. The maximum Gasteiger partial charge on any atom is 0.248 e. The Hall–Kier alpha value is -2.30. The van der Waals surface area contributed by atoms with Crippen LogP contribution in [0.3, 0.4) is 0 Å². The van der Waals surface area contributed by atoms with Gasteiger partial charge in [-0.25, -0.2) is 0 Å². The van der Waals surface area contributed by atoms with Crippen LogP contribution in [0.5, 0.6) is 5.75 Å². The number of hydrogen-bond donors (Lipinski definition) is 1. The predicted molar refractivity (Wildman–Crippen MR) is 113 cm³/mol. The first-order valence-corrected chi connectivity index (χ1v) is 10.7. The second-order valence-electron chi connectivity index (χ2n) is 7.73. The maximum absolute atomic E-state index is 13.1. The highest BCUT2D eigenvalue weighted by Gasteiger charge is 2.28. The molecule has 1 heterocycles. The molecule has 1 aromatic heterocycles. The number of fused-ring (bicyclic) bond motifs is 1. The molecule has 1 aliphatic rings. The van der Waals surface area contributed by atoms with E-state index in [4.69, 9.17) is 4.74 Å². The molecule has 3 rings (SSSR count). The lowest BCUT2D eigenvalue weighted by Crippen LogP contribution is -2.44. The van der Waals surface area contributed by atoms with E-state index in [-0.39, 0.29) is 17.4 Å². The van der Waals surface area contributed by atoms with Crippen molar-refractivity contribution in [1.82, 2.24) is 9.88 Å². The summed E-state index contributed by atoms with van der Waals surface area (Å²) in [6, 6.07) is 9.38. The summed E-state index contributed by atoms with van der Waals surface area (Å²) in [4.78, 5) is 29.4. The fourth-order valence-corrected chi connectivity index (χ4v) is 4.26. The summed E-state index contributed by atoms with van der Waals surface area (Å²) in [5.41, 5.74) is 0.691. The standard InChI is InChI=1S/C23H32N2O3/c1-3-17(23(27)25(4-2)19-8-6-5-7-9-19)14-15-28-20-11-12-21-18(16-20)10-13-22(26)24-21/h10-13,16-17,19H,3-9,14-15H2,1-2H3,(H,24,26). The third-order valence-electron chi connectivity index (χ3n) is 5.91. The molecule has 1 aromatic carbocycles. The predicted octanol–water partition coefficient (Wildman–Crippen LogP) is 4.50. The Morgan fingerprint density at radius 2 is 1.96 bits per heavy atom. The van der Waals surface area contributed by atoms with Crippen molar-refractivity contribution in [3.63, 3.8) is 0 Å². The van der Waals surface area contributed by atoms with Crippen LogP contribution in [0, 0.1) is 5.92 Å². The summed E-state index contributed by atoms with van der Waals surface area (Å²) in [6.07, 6.45) is 7.63. The van der Waals surface area contributed by atoms with Crippen molar-refractivity contribution in [3.8, 4) is 5.75 Å². The number of ether oxygens (including phenoxy) is 1. The molecule has 0 bridgehead atoms. The van der Waals surface area contributed by atoms with Crippen LogP contribution in [0.4, 0.5) is 0 Å². The first-order valence-electron chi connectivity index (χ1n) is 10.7. The normalized spacial score (nSPS) is 16.1. The van der Waals surface area contributed by atoms with Crippen LogP contribution in [0.1, 0.15) is 58.8 Å². The Morgan fingerprint density at radius 3 is 2.68 bits per heavy atom. The number of nitrogens with zero attached hydrogens (tertiary/aromatic N) is 1. The number of carbonyl (C=O) groups excluding carboxylic acids is 1. The van der Waals surface area contributed by atoms with Crippen molar-refractivity contribution >= 4 is 16.8 Å². The van der Waals surface area contributed by atoms with Gasteiger partial charge in [-0.05, 0) is 56.9 Å². The van der Waals surface area contributed by atoms with Crippen molar-refractivity contribution in [2.24, 2.45) is 5.92 Å². The summed E-state index contributed by atoms with van der Waals surface area (Å²) in [6.45, 7) is 5.49. The lowest BCUT2D eigenvalue weighted by Gasteiger charge is -2.35. The number of rotatable bonds is 8. The smallest absolute Gasteiger partial charge is 0.248 e. The molecule has 1 atom stereocenters. The quantitative estimate of drug-likeness (QED) is 0.729. The molecule has 5 nitrogen and oxygen atoms in total. The molecule has 0 spiro atoms. The molecule has 1 fully saturated rings. The molecule has 2 aromatic rings. The summed E-state index contributed by atoms with van der Waals surface area (Å²) in [5, 5.41) is 0.940. The van der Waals surface area contributed by atoms with E-state index in [0.29, 0.717) is 12.6 Å². The number of hydrogen-bond acceptors (Lipinski definition) is 3. The van der Waals surface area contributed by atoms with Crippen LogP contribution in [0.25, 0.3) is 10.9 Å². The van der Waals surface area contributed by atoms with E-state index in [1.54, 1.807) is 6.07 Å². The molecule has 5 heteroatoms. The monoisotopic (exact) mass is 384 g/mol. The zero-order valence-corrected chi connectivity index (χ0v) is 17.1. The number of amides is 1. The molecule has 1 unspecified atom stereocenters. The van der Waals surface area contributed by atoms with Gasteiger partial charge in [0.05, 0.1) is 6.61 Å². The van der Waals surface area contributed by atoms with Gasteiger partial charge < -0.3 is 14.6 Å². The van der Waals surface area contributed by atoms with Gasteiger partial charge in [0, 0.05) is 35.5 Å². The Bertz CT molecular complexity index is 839. The molecule has 0 aliphatic heterocycles. The van der Waals surface area contributed by atoms with E-state index >= 15 is 0 Å². The number of carbonyl (C=O) groups is 1. The zero-order valence-electron chi connectivity index (χ0n) is 17.1. The lowest BCUT2D eigenvalue weighted by atomic mass is 9.92. The Balaban J connectivity index is 1.57. The van der Waals surface area contributed by atoms with E-state index in [9.17, 15) is 9.59 Å². The van der Waals surface area contributed by atoms with Gasteiger partial charge in [0.25, 0.3) is 0 Å². The minimum absolute atomic E-state index is 0.0127. The second-order valence-corrected chi connectivity index (χ2v) is 7.73. The van der Waals surface area contributed by atoms with Crippen LogP contribution >= 0.6 is 0 Å². The molecule has 1 N–H and O–H groups in total. The van der Waals surface area contributed by atoms with E-state index < -0.39 is 0 Å². The van der Waals surface area contributed by atoms with Gasteiger partial charge in [0.2, 0.25) is 11.5 Å². The van der Waals surface area contributed by atoms with E-state index in [1.807, 2.05) is 18.2 Å². The molecule has 1 amide bonds. The van der Waals surface area contributed by atoms with Crippen LogP contribution in [0.2, 0.25) is 0 Å². The highest BCUT2D eigenvalue weighted by molar-refractivity contribution is 5.80. The first kappa shape index (κ1) is 20.4. The average molecular weight is 385 g/mol. The van der Waals surface area contributed by atoms with Gasteiger partial charge in [0.1, 0.15) is 5.75 Å². The van der Waals surface area contributed by atoms with Gasteiger partial charge in [-0.1, -0.05) is 26.2 Å². The summed E-state index contributed by atoms with van der Waals surface area (Å²) in [7, 11) is 0. The number of aromatic amines is 1. The molecule has 28 heavy (non-hydrogen) atoms. The van der Waals surface area contributed by atoms with Crippen molar-refractivity contribution < 1.29 is 9.53 Å². The second kappa shape index (κ2) is 9.76. The molecular formula is C23H32N2O3. The van der Waals surface area contributed by atoms with Gasteiger partial charge in [-0.2, -0.15) is 0 Å². The van der Waals surface area contributed by atoms with Crippen LogP contribution in [0.15, 0.2) is 35.1 Å². The first-order chi connectivity index (χ1) is 13.6. The Labute approximate surface area is 167 Å². The van der Waals surface area contributed by atoms with Crippen LogP contribution in [-0.4, -0.2) is 35.0 Å². The third-order valence-corrected chi connectivity index (χ3v) is 5.91. The number of benzene rings is 1. The zero-order chi connectivity index (χ0) is 19.9. The van der Waals surface area contributed by atoms with E-state index in [1.165, 1.54) is 25.3 Å². The lowest BCUT2D eigenvalue weighted by molar-refractivity contribution is -0.139. The van der Waals surface area contributed by atoms with Gasteiger partial charge in [-0.3, -0.25) is 9.59 Å². The largest absolute Gasteiger partial charge is 0.494 e. The van der Waals surface area contributed by atoms with Gasteiger partial charge >= 0.3 is 0 Å². The molecule has 1 aliphatic carbocycles. The van der Waals surface area contributed by atoms with E-state index in [0.717, 1.165) is 48.9 Å². The Kier molecular flexibility index (Phi) is 7.12. The van der Waals surface area contributed by atoms with Crippen LogP contribution < -0.4 is 10.3 Å². The van der Waals surface area contributed by atoms with E-state index in [2.05, 4.69) is 23.7 Å². The fraction of sp³-hybridized carbons (Fsp3) is 0.565. The number of pyridine rings is 1. The maximum atomic E-state index is 13.1. The molecule has 0 radical (unpaired) electrons. The third kappa shape index (κ3) is 4.94. The van der Waals surface area contributed by atoms with Crippen molar-refractivity contribution in [2.75, 3.05) is 13.2 Å². The highest BCUT2D eigenvalue weighted by Crippen LogP contribution is 2.25.